The minimum Gasteiger partial charge on any atom is -0.468 e. The summed E-state index contributed by atoms with van der Waals surface area (Å²) in [5.74, 6) is 1.02. The van der Waals surface area contributed by atoms with Crippen molar-refractivity contribution in [3.8, 4) is 0 Å². The normalized spacial score (nSPS) is 13.4. The van der Waals surface area contributed by atoms with Gasteiger partial charge in [0.1, 0.15) is 5.76 Å². The summed E-state index contributed by atoms with van der Waals surface area (Å²) in [6.07, 6.45) is 2.76. The fourth-order valence-electron chi connectivity index (χ4n) is 1.04. The predicted octanol–water partition coefficient (Wildman–Crippen LogP) is 1.95. The standard InChI is InChI=1S/C8H13NO/c1-3-7(9-2)8-5-4-6-10-8/h4-7,9H,3H2,1-2H3. The van der Waals surface area contributed by atoms with Crippen LogP contribution in [0.3, 0.4) is 0 Å². The molecule has 1 aromatic heterocycles. The molecule has 0 spiro atoms. The van der Waals surface area contributed by atoms with Gasteiger partial charge < -0.3 is 9.73 Å². The van der Waals surface area contributed by atoms with Crippen LogP contribution in [0.15, 0.2) is 22.8 Å². The Bertz CT molecular complexity index is 165. The predicted molar refractivity (Wildman–Crippen MR) is 40.8 cm³/mol. The van der Waals surface area contributed by atoms with Gasteiger partial charge in [0.05, 0.1) is 12.3 Å². The third-order valence-electron chi connectivity index (χ3n) is 1.64. The molecule has 0 saturated carbocycles. The van der Waals surface area contributed by atoms with E-state index in [1.54, 1.807) is 6.26 Å². The Hall–Kier alpha value is -0.760. The summed E-state index contributed by atoms with van der Waals surface area (Å²) in [5, 5.41) is 3.16. The smallest absolute Gasteiger partial charge is 0.120 e. The molecule has 56 valence electrons. The first-order valence-electron chi connectivity index (χ1n) is 3.59. The lowest BCUT2D eigenvalue weighted by atomic mass is 10.2. The van der Waals surface area contributed by atoms with E-state index in [-0.39, 0.29) is 0 Å². The van der Waals surface area contributed by atoms with Crippen molar-refractivity contribution in [1.29, 1.82) is 0 Å². The molecule has 1 rings (SSSR count). The lowest BCUT2D eigenvalue weighted by molar-refractivity contribution is 0.424. The minimum absolute atomic E-state index is 0.370. The third kappa shape index (κ3) is 1.39. The molecule has 1 N–H and O–H groups in total. The number of hydrogen-bond acceptors (Lipinski definition) is 2. The molecule has 1 aromatic rings. The van der Waals surface area contributed by atoms with Crippen LogP contribution in [-0.4, -0.2) is 7.05 Å². The van der Waals surface area contributed by atoms with Crippen LogP contribution in [0.5, 0.6) is 0 Å². The number of nitrogens with one attached hydrogen (secondary N) is 1. The first-order chi connectivity index (χ1) is 4.88. The van der Waals surface area contributed by atoms with Crippen molar-refractivity contribution in [2.24, 2.45) is 0 Å². The Morgan fingerprint density at radius 3 is 2.90 bits per heavy atom. The zero-order chi connectivity index (χ0) is 7.40. The van der Waals surface area contributed by atoms with E-state index in [1.165, 1.54) is 0 Å². The molecule has 1 atom stereocenters. The Balaban J connectivity index is 2.64. The molecule has 1 heterocycles. The van der Waals surface area contributed by atoms with Crippen molar-refractivity contribution in [3.63, 3.8) is 0 Å². The first-order valence-corrected chi connectivity index (χ1v) is 3.59. The molecule has 0 aliphatic carbocycles. The number of furan rings is 1. The fourth-order valence-corrected chi connectivity index (χ4v) is 1.04. The van der Waals surface area contributed by atoms with Crippen molar-refractivity contribution in [2.45, 2.75) is 19.4 Å². The summed E-state index contributed by atoms with van der Waals surface area (Å²) >= 11 is 0. The Morgan fingerprint density at radius 1 is 1.70 bits per heavy atom. The summed E-state index contributed by atoms with van der Waals surface area (Å²) < 4.78 is 5.21. The second kappa shape index (κ2) is 3.42. The molecule has 0 amide bonds. The fraction of sp³-hybridized carbons (Fsp3) is 0.500. The van der Waals surface area contributed by atoms with Gasteiger partial charge in [-0.15, -0.1) is 0 Å². The van der Waals surface area contributed by atoms with Crippen LogP contribution >= 0.6 is 0 Å². The van der Waals surface area contributed by atoms with Gasteiger partial charge in [0.15, 0.2) is 0 Å². The zero-order valence-electron chi connectivity index (χ0n) is 6.42. The Labute approximate surface area is 61.2 Å². The van der Waals surface area contributed by atoms with Crippen LogP contribution in [-0.2, 0) is 0 Å². The highest BCUT2D eigenvalue weighted by atomic mass is 16.3. The van der Waals surface area contributed by atoms with Gasteiger partial charge in [0, 0.05) is 0 Å². The van der Waals surface area contributed by atoms with E-state index in [1.807, 2.05) is 19.2 Å². The molecular weight excluding hydrogens is 126 g/mol. The molecule has 0 saturated heterocycles. The molecule has 2 nitrogen and oxygen atoms in total. The summed E-state index contributed by atoms with van der Waals surface area (Å²) in [6, 6.07) is 4.27. The number of rotatable bonds is 3. The molecular formula is C8H13NO. The average molecular weight is 139 g/mol. The SMILES string of the molecule is CCC(NC)c1ccco1. The van der Waals surface area contributed by atoms with Crippen molar-refractivity contribution >= 4 is 0 Å². The van der Waals surface area contributed by atoms with Crippen molar-refractivity contribution in [2.75, 3.05) is 7.05 Å². The van der Waals surface area contributed by atoms with Gasteiger partial charge in [-0.1, -0.05) is 6.92 Å². The lowest BCUT2D eigenvalue weighted by Crippen LogP contribution is -2.14. The van der Waals surface area contributed by atoms with Gasteiger partial charge in [0.25, 0.3) is 0 Å². The van der Waals surface area contributed by atoms with E-state index in [0.717, 1.165) is 12.2 Å². The molecule has 0 aliphatic rings. The highest BCUT2D eigenvalue weighted by Crippen LogP contribution is 2.15. The highest BCUT2D eigenvalue weighted by Gasteiger charge is 2.07. The Morgan fingerprint density at radius 2 is 2.50 bits per heavy atom. The van der Waals surface area contributed by atoms with Gasteiger partial charge in [0.2, 0.25) is 0 Å². The van der Waals surface area contributed by atoms with E-state index in [4.69, 9.17) is 4.42 Å². The maximum Gasteiger partial charge on any atom is 0.120 e. The molecule has 0 bridgehead atoms. The maximum atomic E-state index is 5.21. The van der Waals surface area contributed by atoms with Gasteiger partial charge in [-0.3, -0.25) is 0 Å². The van der Waals surface area contributed by atoms with E-state index in [9.17, 15) is 0 Å². The monoisotopic (exact) mass is 139 g/mol. The molecule has 0 aliphatic heterocycles. The van der Waals surface area contributed by atoms with Crippen LogP contribution in [0.2, 0.25) is 0 Å². The molecule has 0 radical (unpaired) electrons. The quantitative estimate of drug-likeness (QED) is 0.692. The lowest BCUT2D eigenvalue weighted by Gasteiger charge is -2.08. The van der Waals surface area contributed by atoms with Crippen LogP contribution in [0.25, 0.3) is 0 Å². The first kappa shape index (κ1) is 7.35. The second-order valence-electron chi connectivity index (χ2n) is 2.26. The van der Waals surface area contributed by atoms with Crippen LogP contribution in [0, 0.1) is 0 Å². The summed E-state index contributed by atoms with van der Waals surface area (Å²) in [6.45, 7) is 2.13. The summed E-state index contributed by atoms with van der Waals surface area (Å²) in [4.78, 5) is 0. The largest absolute Gasteiger partial charge is 0.468 e. The molecule has 0 fully saturated rings. The zero-order valence-corrected chi connectivity index (χ0v) is 6.42. The van der Waals surface area contributed by atoms with Crippen molar-refractivity contribution in [3.05, 3.63) is 24.2 Å². The van der Waals surface area contributed by atoms with E-state index in [0.29, 0.717) is 6.04 Å². The number of hydrogen-bond donors (Lipinski definition) is 1. The second-order valence-corrected chi connectivity index (χ2v) is 2.26. The van der Waals surface area contributed by atoms with Crippen LogP contribution in [0.1, 0.15) is 25.1 Å². The minimum atomic E-state index is 0.370. The molecule has 10 heavy (non-hydrogen) atoms. The molecule has 0 aromatic carbocycles. The molecule has 2 heteroatoms. The van der Waals surface area contributed by atoms with Crippen LogP contribution < -0.4 is 5.32 Å². The van der Waals surface area contributed by atoms with E-state index < -0.39 is 0 Å². The summed E-state index contributed by atoms with van der Waals surface area (Å²) in [7, 11) is 1.94. The van der Waals surface area contributed by atoms with Crippen molar-refractivity contribution in [1.82, 2.24) is 5.32 Å². The van der Waals surface area contributed by atoms with Crippen LogP contribution in [0.4, 0.5) is 0 Å². The highest BCUT2D eigenvalue weighted by molar-refractivity contribution is 5.03. The molecule has 1 unspecified atom stereocenters. The van der Waals surface area contributed by atoms with Gasteiger partial charge in [-0.2, -0.15) is 0 Å². The third-order valence-corrected chi connectivity index (χ3v) is 1.64. The van der Waals surface area contributed by atoms with E-state index in [2.05, 4.69) is 12.2 Å². The van der Waals surface area contributed by atoms with Gasteiger partial charge >= 0.3 is 0 Å². The van der Waals surface area contributed by atoms with Gasteiger partial charge in [-0.25, -0.2) is 0 Å². The van der Waals surface area contributed by atoms with Crippen molar-refractivity contribution < 1.29 is 4.42 Å². The maximum absolute atomic E-state index is 5.21. The average Bonchev–Trinajstić information content (AvgIpc) is 2.43. The van der Waals surface area contributed by atoms with Gasteiger partial charge in [-0.05, 0) is 25.6 Å². The topological polar surface area (TPSA) is 25.2 Å². The Kier molecular flexibility index (Phi) is 2.51. The summed E-state index contributed by atoms with van der Waals surface area (Å²) in [5.41, 5.74) is 0. The van der Waals surface area contributed by atoms with E-state index >= 15 is 0 Å².